The van der Waals surface area contributed by atoms with E-state index in [4.69, 9.17) is 0 Å². The number of hydrogen-bond donors (Lipinski definition) is 1. The van der Waals surface area contributed by atoms with Crippen LogP contribution in [0.15, 0.2) is 54.7 Å². The summed E-state index contributed by atoms with van der Waals surface area (Å²) in [6.45, 7) is 3.42. The highest BCUT2D eigenvalue weighted by Crippen LogP contribution is 2.15. The molecule has 1 aromatic heterocycles. The molecule has 2 aromatic carbocycles. The fourth-order valence-electron chi connectivity index (χ4n) is 2.63. The Balaban J connectivity index is 1.48. The van der Waals surface area contributed by atoms with Crippen LogP contribution in [0.2, 0.25) is 0 Å². The Labute approximate surface area is 136 Å². The summed E-state index contributed by atoms with van der Waals surface area (Å²) in [6.07, 6.45) is 3.18. The average molecular weight is 307 g/mol. The van der Waals surface area contributed by atoms with E-state index in [1.54, 1.807) is 0 Å². The number of hydrogen-bond acceptors (Lipinski definition) is 2. The minimum absolute atomic E-state index is 0.0847. The van der Waals surface area contributed by atoms with Crippen molar-refractivity contribution in [1.82, 2.24) is 15.1 Å². The molecule has 1 heterocycles. The Morgan fingerprint density at radius 1 is 1.17 bits per heavy atom. The molecule has 0 atom stereocenters. The zero-order chi connectivity index (χ0) is 16.1. The average Bonchev–Trinajstić information content (AvgIpc) is 2.96. The third-order valence-electron chi connectivity index (χ3n) is 3.91. The van der Waals surface area contributed by atoms with E-state index in [1.165, 1.54) is 5.56 Å². The van der Waals surface area contributed by atoms with Gasteiger partial charge in [0.1, 0.15) is 0 Å². The van der Waals surface area contributed by atoms with Crippen LogP contribution in [0.25, 0.3) is 10.9 Å². The first-order valence-corrected chi connectivity index (χ1v) is 7.95. The molecule has 3 rings (SSSR count). The van der Waals surface area contributed by atoms with Crippen LogP contribution in [0.4, 0.5) is 0 Å². The van der Waals surface area contributed by atoms with Gasteiger partial charge in [0.2, 0.25) is 5.91 Å². The Morgan fingerprint density at radius 3 is 2.83 bits per heavy atom. The smallest absolute Gasteiger partial charge is 0.220 e. The fourth-order valence-corrected chi connectivity index (χ4v) is 2.63. The summed E-state index contributed by atoms with van der Waals surface area (Å²) in [4.78, 5) is 11.9. The lowest BCUT2D eigenvalue weighted by molar-refractivity contribution is -0.121. The number of rotatable bonds is 6. The molecule has 0 aliphatic carbocycles. The normalized spacial score (nSPS) is 10.8. The molecule has 0 fully saturated rings. The molecule has 4 nitrogen and oxygen atoms in total. The van der Waals surface area contributed by atoms with Gasteiger partial charge in [-0.05, 0) is 30.5 Å². The minimum Gasteiger partial charge on any atom is -0.352 e. The number of aromatic nitrogens is 2. The maximum absolute atomic E-state index is 11.9. The number of carbonyl (C=O) groups excluding carboxylic acids is 1. The largest absolute Gasteiger partial charge is 0.352 e. The van der Waals surface area contributed by atoms with Crippen LogP contribution in [0.1, 0.15) is 24.0 Å². The third-order valence-corrected chi connectivity index (χ3v) is 3.91. The second-order valence-corrected chi connectivity index (χ2v) is 5.80. The van der Waals surface area contributed by atoms with E-state index in [0.29, 0.717) is 13.0 Å². The van der Waals surface area contributed by atoms with E-state index in [0.717, 1.165) is 29.4 Å². The molecule has 0 aliphatic rings. The van der Waals surface area contributed by atoms with Gasteiger partial charge < -0.3 is 5.32 Å². The van der Waals surface area contributed by atoms with Gasteiger partial charge in [-0.1, -0.05) is 42.5 Å². The topological polar surface area (TPSA) is 46.9 Å². The SMILES string of the molecule is Cc1ccc2cnn(CCCC(=O)NCc3ccccc3)c2c1. The zero-order valence-corrected chi connectivity index (χ0v) is 13.3. The first kappa shape index (κ1) is 15.3. The molecule has 118 valence electrons. The molecule has 0 saturated carbocycles. The molecule has 0 spiro atoms. The van der Waals surface area contributed by atoms with Gasteiger partial charge in [-0.3, -0.25) is 9.48 Å². The Bertz CT molecular complexity index is 793. The summed E-state index contributed by atoms with van der Waals surface area (Å²) in [5.74, 6) is 0.0847. The summed E-state index contributed by atoms with van der Waals surface area (Å²) in [5, 5.41) is 8.51. The van der Waals surface area contributed by atoms with Gasteiger partial charge in [0, 0.05) is 24.9 Å². The van der Waals surface area contributed by atoms with Crippen LogP contribution in [0, 0.1) is 6.92 Å². The highest BCUT2D eigenvalue weighted by atomic mass is 16.1. The minimum atomic E-state index is 0.0847. The summed E-state index contributed by atoms with van der Waals surface area (Å²) in [7, 11) is 0. The molecule has 4 heteroatoms. The number of benzene rings is 2. The zero-order valence-electron chi connectivity index (χ0n) is 13.3. The van der Waals surface area contributed by atoms with Gasteiger partial charge in [-0.25, -0.2) is 0 Å². The van der Waals surface area contributed by atoms with Crippen molar-refractivity contribution in [2.24, 2.45) is 0 Å². The number of aryl methyl sites for hydroxylation is 2. The molecule has 0 bridgehead atoms. The summed E-state index contributed by atoms with van der Waals surface area (Å²) in [6, 6.07) is 16.3. The van der Waals surface area contributed by atoms with E-state index in [1.807, 2.05) is 41.2 Å². The van der Waals surface area contributed by atoms with Gasteiger partial charge in [0.05, 0.1) is 11.7 Å². The highest BCUT2D eigenvalue weighted by molar-refractivity contribution is 5.79. The molecule has 0 saturated heterocycles. The molecule has 0 aliphatic heterocycles. The van der Waals surface area contributed by atoms with Crippen LogP contribution >= 0.6 is 0 Å². The highest BCUT2D eigenvalue weighted by Gasteiger charge is 2.05. The second kappa shape index (κ2) is 7.09. The van der Waals surface area contributed by atoms with Crippen molar-refractivity contribution in [2.75, 3.05) is 0 Å². The fraction of sp³-hybridized carbons (Fsp3) is 0.263. The number of carbonyl (C=O) groups is 1. The Kier molecular flexibility index (Phi) is 4.71. The van der Waals surface area contributed by atoms with Crippen molar-refractivity contribution in [3.05, 3.63) is 65.9 Å². The molecular formula is C19H21N3O. The lowest BCUT2D eigenvalue weighted by Gasteiger charge is -2.06. The van der Waals surface area contributed by atoms with Gasteiger partial charge in [-0.2, -0.15) is 5.10 Å². The number of amides is 1. The maximum Gasteiger partial charge on any atom is 0.220 e. The lowest BCUT2D eigenvalue weighted by atomic mass is 10.2. The van der Waals surface area contributed by atoms with E-state index < -0.39 is 0 Å². The first-order valence-electron chi connectivity index (χ1n) is 7.95. The van der Waals surface area contributed by atoms with E-state index in [2.05, 4.69) is 35.5 Å². The number of nitrogens with one attached hydrogen (secondary N) is 1. The molecule has 3 aromatic rings. The first-order chi connectivity index (χ1) is 11.2. The Hall–Kier alpha value is -2.62. The monoisotopic (exact) mass is 307 g/mol. The van der Waals surface area contributed by atoms with Crippen LogP contribution in [0.5, 0.6) is 0 Å². The standard InChI is InChI=1S/C19H21N3O/c1-15-9-10-17-14-21-22(18(17)12-15)11-5-8-19(23)20-13-16-6-3-2-4-7-16/h2-4,6-7,9-10,12,14H,5,8,11,13H2,1H3,(H,20,23). The van der Waals surface area contributed by atoms with Crippen LogP contribution < -0.4 is 5.32 Å². The molecule has 23 heavy (non-hydrogen) atoms. The van der Waals surface area contributed by atoms with Gasteiger partial charge in [0.15, 0.2) is 0 Å². The molecule has 1 amide bonds. The van der Waals surface area contributed by atoms with E-state index in [9.17, 15) is 4.79 Å². The predicted octanol–water partition coefficient (Wildman–Crippen LogP) is 3.44. The van der Waals surface area contributed by atoms with Gasteiger partial charge in [0.25, 0.3) is 0 Å². The predicted molar refractivity (Wildman–Crippen MR) is 92.0 cm³/mol. The van der Waals surface area contributed by atoms with Crippen LogP contribution in [-0.2, 0) is 17.9 Å². The van der Waals surface area contributed by atoms with Crippen molar-refractivity contribution in [1.29, 1.82) is 0 Å². The van der Waals surface area contributed by atoms with E-state index in [-0.39, 0.29) is 5.91 Å². The summed E-state index contributed by atoms with van der Waals surface area (Å²) < 4.78 is 1.98. The second-order valence-electron chi connectivity index (χ2n) is 5.80. The quantitative estimate of drug-likeness (QED) is 0.758. The van der Waals surface area contributed by atoms with Crippen molar-refractivity contribution in [3.63, 3.8) is 0 Å². The van der Waals surface area contributed by atoms with Gasteiger partial charge in [-0.15, -0.1) is 0 Å². The van der Waals surface area contributed by atoms with E-state index >= 15 is 0 Å². The van der Waals surface area contributed by atoms with Crippen LogP contribution in [-0.4, -0.2) is 15.7 Å². The van der Waals surface area contributed by atoms with Crippen molar-refractivity contribution >= 4 is 16.8 Å². The molecule has 1 N–H and O–H groups in total. The molecule has 0 unspecified atom stereocenters. The number of fused-ring (bicyclic) bond motifs is 1. The van der Waals surface area contributed by atoms with Crippen molar-refractivity contribution in [3.8, 4) is 0 Å². The lowest BCUT2D eigenvalue weighted by Crippen LogP contribution is -2.22. The summed E-state index contributed by atoms with van der Waals surface area (Å²) in [5.41, 5.74) is 3.48. The molecule has 0 radical (unpaired) electrons. The molecular weight excluding hydrogens is 286 g/mol. The maximum atomic E-state index is 11.9. The number of nitrogens with zero attached hydrogens (tertiary/aromatic N) is 2. The van der Waals surface area contributed by atoms with Gasteiger partial charge >= 0.3 is 0 Å². The Morgan fingerprint density at radius 2 is 2.00 bits per heavy atom. The van der Waals surface area contributed by atoms with Crippen LogP contribution in [0.3, 0.4) is 0 Å². The third kappa shape index (κ3) is 3.97. The summed E-state index contributed by atoms with van der Waals surface area (Å²) >= 11 is 0. The van der Waals surface area contributed by atoms with Crippen molar-refractivity contribution in [2.45, 2.75) is 32.9 Å². The van der Waals surface area contributed by atoms with Crippen molar-refractivity contribution < 1.29 is 4.79 Å².